The van der Waals surface area contributed by atoms with Gasteiger partial charge < -0.3 is 14.8 Å². The van der Waals surface area contributed by atoms with Crippen molar-refractivity contribution in [1.82, 2.24) is 5.32 Å². The molecule has 0 aliphatic rings. The van der Waals surface area contributed by atoms with E-state index in [9.17, 15) is 13.2 Å². The minimum Gasteiger partial charge on any atom is -0.493 e. The van der Waals surface area contributed by atoms with Gasteiger partial charge >= 0.3 is 0 Å². The summed E-state index contributed by atoms with van der Waals surface area (Å²) >= 11 is 2.13. The van der Waals surface area contributed by atoms with Crippen molar-refractivity contribution < 1.29 is 22.7 Å². The maximum absolute atomic E-state index is 12.3. The van der Waals surface area contributed by atoms with E-state index in [1.165, 1.54) is 7.11 Å². The predicted octanol–water partition coefficient (Wildman–Crippen LogP) is 2.39. The monoisotopic (exact) mass is 504 g/mol. The van der Waals surface area contributed by atoms with E-state index < -0.39 is 15.9 Å². The largest absolute Gasteiger partial charge is 0.493 e. The van der Waals surface area contributed by atoms with Crippen LogP contribution in [0.1, 0.15) is 5.56 Å². The molecule has 0 aliphatic heterocycles. The molecular formula is C18H21IN2O5S. The van der Waals surface area contributed by atoms with Crippen LogP contribution >= 0.6 is 22.6 Å². The van der Waals surface area contributed by atoms with Crippen molar-refractivity contribution in [1.29, 1.82) is 0 Å². The highest BCUT2D eigenvalue weighted by Crippen LogP contribution is 2.27. The van der Waals surface area contributed by atoms with Gasteiger partial charge in [-0.05, 0) is 64.6 Å². The van der Waals surface area contributed by atoms with Crippen molar-refractivity contribution in [2.45, 2.75) is 6.54 Å². The standard InChI is InChI=1S/C18H21IN2O5S/c1-25-16-9-4-13(10-17(16)26-2)11-20-18(22)12-21(27(3,23)24)15-7-5-14(19)6-8-15/h4-10H,11-12H2,1-3H3,(H,20,22). The van der Waals surface area contributed by atoms with Gasteiger partial charge in [0.1, 0.15) is 6.54 Å². The fraction of sp³-hybridized carbons (Fsp3) is 0.278. The second kappa shape index (κ2) is 9.27. The van der Waals surface area contributed by atoms with Crippen molar-refractivity contribution in [3.05, 3.63) is 51.6 Å². The fourth-order valence-electron chi connectivity index (χ4n) is 2.38. The van der Waals surface area contributed by atoms with Gasteiger partial charge in [-0.15, -0.1) is 0 Å². The molecule has 0 fully saturated rings. The first kappa shape index (κ1) is 21.3. The average molecular weight is 504 g/mol. The molecule has 2 aromatic carbocycles. The van der Waals surface area contributed by atoms with Crippen LogP contribution in [0.4, 0.5) is 5.69 Å². The predicted molar refractivity (Wildman–Crippen MR) is 113 cm³/mol. The minimum atomic E-state index is -3.59. The van der Waals surface area contributed by atoms with Crippen LogP contribution in [0.5, 0.6) is 11.5 Å². The Kier molecular flexibility index (Phi) is 7.31. The number of ether oxygens (including phenoxy) is 2. The molecule has 0 aliphatic carbocycles. The first-order valence-electron chi connectivity index (χ1n) is 7.95. The summed E-state index contributed by atoms with van der Waals surface area (Å²) in [7, 11) is -0.517. The van der Waals surface area contributed by atoms with E-state index in [2.05, 4.69) is 27.9 Å². The molecular weight excluding hydrogens is 483 g/mol. The van der Waals surface area contributed by atoms with E-state index in [-0.39, 0.29) is 13.1 Å². The Balaban J connectivity index is 2.07. The van der Waals surface area contributed by atoms with Crippen LogP contribution in [0.25, 0.3) is 0 Å². The zero-order valence-corrected chi connectivity index (χ0v) is 18.2. The molecule has 2 aromatic rings. The number of halogens is 1. The molecule has 0 saturated heterocycles. The van der Waals surface area contributed by atoms with Gasteiger partial charge in [0.05, 0.1) is 26.2 Å². The lowest BCUT2D eigenvalue weighted by atomic mass is 10.2. The summed E-state index contributed by atoms with van der Waals surface area (Å²) in [5.41, 5.74) is 1.25. The van der Waals surface area contributed by atoms with Crippen LogP contribution in [-0.2, 0) is 21.4 Å². The third kappa shape index (κ3) is 5.99. The second-order valence-electron chi connectivity index (χ2n) is 5.71. The highest BCUT2D eigenvalue weighted by Gasteiger charge is 2.20. The van der Waals surface area contributed by atoms with Crippen molar-refractivity contribution in [2.24, 2.45) is 0 Å². The van der Waals surface area contributed by atoms with Gasteiger partial charge in [-0.25, -0.2) is 8.42 Å². The van der Waals surface area contributed by atoms with Crippen molar-refractivity contribution in [2.75, 3.05) is 31.3 Å². The van der Waals surface area contributed by atoms with E-state index in [1.54, 1.807) is 49.6 Å². The molecule has 0 saturated carbocycles. The number of hydrogen-bond acceptors (Lipinski definition) is 5. The quantitative estimate of drug-likeness (QED) is 0.559. The average Bonchev–Trinajstić information content (AvgIpc) is 2.64. The van der Waals surface area contributed by atoms with Gasteiger partial charge in [-0.3, -0.25) is 9.10 Å². The molecule has 0 heterocycles. The number of methoxy groups -OCH3 is 2. The van der Waals surface area contributed by atoms with Crippen LogP contribution in [0.2, 0.25) is 0 Å². The van der Waals surface area contributed by atoms with Crippen LogP contribution in [0.15, 0.2) is 42.5 Å². The summed E-state index contributed by atoms with van der Waals surface area (Å²) < 4.78 is 36.7. The summed E-state index contributed by atoms with van der Waals surface area (Å²) in [6, 6.07) is 12.2. The molecule has 1 N–H and O–H groups in total. The van der Waals surface area contributed by atoms with Crippen LogP contribution < -0.4 is 19.1 Å². The second-order valence-corrected chi connectivity index (χ2v) is 8.86. The molecule has 1 amide bonds. The van der Waals surface area contributed by atoms with E-state index in [1.807, 2.05) is 0 Å². The summed E-state index contributed by atoms with van der Waals surface area (Å²) in [5, 5.41) is 2.73. The fourth-order valence-corrected chi connectivity index (χ4v) is 3.60. The van der Waals surface area contributed by atoms with E-state index in [4.69, 9.17) is 9.47 Å². The Hall–Kier alpha value is -2.01. The first-order chi connectivity index (χ1) is 12.7. The van der Waals surface area contributed by atoms with Crippen LogP contribution in [0.3, 0.4) is 0 Å². The number of benzene rings is 2. The van der Waals surface area contributed by atoms with Crippen molar-refractivity contribution in [3.63, 3.8) is 0 Å². The molecule has 0 atom stereocenters. The van der Waals surface area contributed by atoms with Gasteiger partial charge in [-0.2, -0.15) is 0 Å². The van der Waals surface area contributed by atoms with Crippen molar-refractivity contribution >= 4 is 44.2 Å². The van der Waals surface area contributed by atoms with Gasteiger partial charge in [0.2, 0.25) is 15.9 Å². The Morgan fingerprint density at radius 3 is 2.26 bits per heavy atom. The summed E-state index contributed by atoms with van der Waals surface area (Å²) in [6.45, 7) is -0.0593. The third-order valence-corrected chi connectivity index (χ3v) is 5.60. The lowest BCUT2D eigenvalue weighted by molar-refractivity contribution is -0.119. The number of hydrogen-bond donors (Lipinski definition) is 1. The Morgan fingerprint density at radius 2 is 1.70 bits per heavy atom. The minimum absolute atomic E-state index is 0.240. The Morgan fingerprint density at radius 1 is 1.07 bits per heavy atom. The summed E-state index contributed by atoms with van der Waals surface area (Å²) in [6.07, 6.45) is 1.08. The lowest BCUT2D eigenvalue weighted by Crippen LogP contribution is -2.40. The summed E-state index contributed by atoms with van der Waals surface area (Å²) in [5.74, 6) is 0.740. The number of nitrogens with zero attached hydrogens (tertiary/aromatic N) is 1. The molecule has 7 nitrogen and oxygen atoms in total. The smallest absolute Gasteiger partial charge is 0.241 e. The third-order valence-electron chi connectivity index (χ3n) is 3.74. The highest BCUT2D eigenvalue weighted by atomic mass is 127. The number of amides is 1. The van der Waals surface area contributed by atoms with E-state index in [0.717, 1.165) is 19.7 Å². The molecule has 0 bridgehead atoms. The van der Waals surface area contributed by atoms with Gasteiger partial charge in [-0.1, -0.05) is 6.07 Å². The zero-order valence-electron chi connectivity index (χ0n) is 15.2. The number of anilines is 1. The number of carbonyl (C=O) groups is 1. The molecule has 27 heavy (non-hydrogen) atoms. The Labute approximate surface area is 172 Å². The van der Waals surface area contributed by atoms with Gasteiger partial charge in [0.25, 0.3) is 0 Å². The molecule has 0 unspecified atom stereocenters. The number of carbonyl (C=O) groups excluding carboxylic acids is 1. The maximum Gasteiger partial charge on any atom is 0.241 e. The molecule has 0 spiro atoms. The normalized spacial score (nSPS) is 11.0. The molecule has 2 rings (SSSR count). The first-order valence-corrected chi connectivity index (χ1v) is 10.9. The number of rotatable bonds is 8. The lowest BCUT2D eigenvalue weighted by Gasteiger charge is -2.22. The number of sulfonamides is 1. The van der Waals surface area contributed by atoms with Crippen LogP contribution in [-0.4, -0.2) is 41.3 Å². The SMILES string of the molecule is COc1ccc(CNC(=O)CN(c2ccc(I)cc2)S(C)(=O)=O)cc1OC. The molecule has 0 aromatic heterocycles. The van der Waals surface area contributed by atoms with E-state index in [0.29, 0.717) is 17.2 Å². The molecule has 0 radical (unpaired) electrons. The zero-order chi connectivity index (χ0) is 20.0. The number of nitrogens with one attached hydrogen (secondary N) is 1. The highest BCUT2D eigenvalue weighted by molar-refractivity contribution is 14.1. The van der Waals surface area contributed by atoms with Gasteiger partial charge in [0.15, 0.2) is 11.5 Å². The summed E-state index contributed by atoms with van der Waals surface area (Å²) in [4.78, 5) is 12.3. The van der Waals surface area contributed by atoms with Gasteiger partial charge in [0, 0.05) is 10.1 Å². The van der Waals surface area contributed by atoms with Crippen LogP contribution in [0, 0.1) is 3.57 Å². The van der Waals surface area contributed by atoms with E-state index >= 15 is 0 Å². The maximum atomic E-state index is 12.3. The molecule has 9 heteroatoms. The molecule has 146 valence electrons. The van der Waals surface area contributed by atoms with Crippen molar-refractivity contribution in [3.8, 4) is 11.5 Å². The Bertz CT molecular complexity index is 900. The topological polar surface area (TPSA) is 84.9 Å².